The van der Waals surface area contributed by atoms with E-state index in [0.29, 0.717) is 18.8 Å². The van der Waals surface area contributed by atoms with Crippen molar-refractivity contribution in [2.24, 2.45) is 0 Å². The number of hydrogen-bond donors (Lipinski definition) is 1. The number of hydrogen-bond acceptors (Lipinski definition) is 5. The van der Waals surface area contributed by atoms with Gasteiger partial charge in [0.05, 0.1) is 11.9 Å². The molecular weight excluding hydrogens is 478 g/mol. The normalized spacial score (nSPS) is 17.9. The van der Waals surface area contributed by atoms with Crippen LogP contribution in [0.5, 0.6) is 0 Å². The zero-order valence-corrected chi connectivity index (χ0v) is 21.6. The molecule has 1 N–H and O–H groups in total. The fourth-order valence-corrected chi connectivity index (χ4v) is 5.90. The predicted molar refractivity (Wildman–Crippen MR) is 143 cm³/mol. The van der Waals surface area contributed by atoms with Crippen molar-refractivity contribution in [3.8, 4) is 0 Å². The number of aromatic nitrogens is 4. The van der Waals surface area contributed by atoms with Gasteiger partial charge in [-0.15, -0.1) is 5.10 Å². The Hall–Kier alpha value is -4.07. The zero-order chi connectivity index (χ0) is 26.2. The van der Waals surface area contributed by atoms with E-state index in [2.05, 4.69) is 27.4 Å². The second kappa shape index (κ2) is 10.0. The SMILES string of the molecule is Cc1c2ccc3c1nnn3CCCCCc1ccc(nc1)C(=O)N1CCc3ccc(cc3C1)C2CC(=O)O. The van der Waals surface area contributed by atoms with E-state index >= 15 is 0 Å². The molecule has 2 aromatic carbocycles. The van der Waals surface area contributed by atoms with E-state index < -0.39 is 5.97 Å². The highest BCUT2D eigenvalue weighted by atomic mass is 16.4. The Morgan fingerprint density at radius 2 is 1.92 bits per heavy atom. The molecule has 4 aromatic rings. The van der Waals surface area contributed by atoms with Gasteiger partial charge in [0.15, 0.2) is 0 Å². The van der Waals surface area contributed by atoms with Crippen LogP contribution >= 0.6 is 0 Å². The molecule has 9 bridgehead atoms. The molecule has 1 atom stereocenters. The summed E-state index contributed by atoms with van der Waals surface area (Å²) in [6, 6.07) is 14.1. The molecule has 0 fully saturated rings. The number of carbonyl (C=O) groups is 2. The predicted octanol–water partition coefficient (Wildman–Crippen LogP) is 4.67. The maximum Gasteiger partial charge on any atom is 0.304 e. The van der Waals surface area contributed by atoms with Crippen LogP contribution in [0.2, 0.25) is 0 Å². The van der Waals surface area contributed by atoms with Gasteiger partial charge in [-0.2, -0.15) is 0 Å². The number of aliphatic carboxylic acids is 1. The quantitative estimate of drug-likeness (QED) is 0.422. The van der Waals surface area contributed by atoms with Crippen molar-refractivity contribution in [2.45, 2.75) is 64.5 Å². The number of nitrogens with zero attached hydrogens (tertiary/aromatic N) is 5. The Balaban J connectivity index is 1.44. The van der Waals surface area contributed by atoms with Crippen LogP contribution in [0.1, 0.15) is 75.5 Å². The lowest BCUT2D eigenvalue weighted by Gasteiger charge is -2.30. The number of pyridine rings is 1. The number of aryl methyl sites for hydroxylation is 3. The van der Waals surface area contributed by atoms with Gasteiger partial charge in [-0.3, -0.25) is 14.6 Å². The van der Waals surface area contributed by atoms with Gasteiger partial charge in [0.25, 0.3) is 5.91 Å². The zero-order valence-electron chi connectivity index (χ0n) is 21.6. The molecule has 1 unspecified atom stereocenters. The van der Waals surface area contributed by atoms with E-state index in [-0.39, 0.29) is 18.2 Å². The van der Waals surface area contributed by atoms with E-state index in [1.54, 1.807) is 0 Å². The third-order valence-electron chi connectivity index (χ3n) is 8.05. The molecule has 5 aliphatic rings. The van der Waals surface area contributed by atoms with Crippen molar-refractivity contribution in [3.63, 3.8) is 0 Å². The Morgan fingerprint density at radius 3 is 2.74 bits per heavy atom. The number of carboxylic acid groups (broad SMARTS) is 1. The molecule has 0 saturated heterocycles. The molecule has 0 saturated carbocycles. The molecule has 5 aliphatic heterocycles. The minimum absolute atomic E-state index is 0.0296. The monoisotopic (exact) mass is 509 g/mol. The van der Waals surface area contributed by atoms with Crippen LogP contribution in [0.3, 0.4) is 0 Å². The summed E-state index contributed by atoms with van der Waals surface area (Å²) < 4.78 is 1.95. The number of carbonyl (C=O) groups excluding carboxylic acids is 1. The maximum absolute atomic E-state index is 13.3. The molecule has 0 radical (unpaired) electrons. The largest absolute Gasteiger partial charge is 0.481 e. The minimum atomic E-state index is -0.854. The highest BCUT2D eigenvalue weighted by molar-refractivity contribution is 5.92. The molecule has 2 aromatic heterocycles. The molecule has 9 rings (SSSR count). The van der Waals surface area contributed by atoms with Crippen LogP contribution in [0, 0.1) is 6.92 Å². The van der Waals surface area contributed by atoms with E-state index in [0.717, 1.165) is 77.5 Å². The first-order valence-electron chi connectivity index (χ1n) is 13.4. The van der Waals surface area contributed by atoms with Crippen molar-refractivity contribution in [1.82, 2.24) is 24.9 Å². The fraction of sp³-hybridized carbons (Fsp3) is 0.367. The molecular formula is C30H31N5O3. The van der Waals surface area contributed by atoms with Gasteiger partial charge in [0.1, 0.15) is 11.2 Å². The van der Waals surface area contributed by atoms with E-state index in [1.165, 1.54) is 5.56 Å². The van der Waals surface area contributed by atoms with Gasteiger partial charge in [-0.25, -0.2) is 4.68 Å². The Labute approximate surface area is 221 Å². The molecule has 1 amide bonds. The molecule has 38 heavy (non-hydrogen) atoms. The summed E-state index contributed by atoms with van der Waals surface area (Å²) in [5.74, 6) is -1.25. The molecule has 0 aliphatic carbocycles. The first-order chi connectivity index (χ1) is 18.5. The van der Waals surface area contributed by atoms with Crippen molar-refractivity contribution >= 4 is 22.9 Å². The number of carboxylic acids is 1. The second-order valence-corrected chi connectivity index (χ2v) is 10.5. The van der Waals surface area contributed by atoms with E-state index in [4.69, 9.17) is 0 Å². The number of benzene rings is 2. The average molecular weight is 510 g/mol. The lowest BCUT2D eigenvalue weighted by atomic mass is 9.83. The van der Waals surface area contributed by atoms with Crippen LogP contribution in [0.4, 0.5) is 0 Å². The van der Waals surface area contributed by atoms with Gasteiger partial charge >= 0.3 is 5.97 Å². The van der Waals surface area contributed by atoms with Gasteiger partial charge in [0, 0.05) is 31.7 Å². The summed E-state index contributed by atoms with van der Waals surface area (Å²) in [6.07, 6.45) is 6.54. The maximum atomic E-state index is 13.3. The highest BCUT2D eigenvalue weighted by Crippen LogP contribution is 2.35. The smallest absolute Gasteiger partial charge is 0.304 e. The van der Waals surface area contributed by atoms with Crippen LogP contribution in [0.25, 0.3) is 11.0 Å². The third-order valence-corrected chi connectivity index (χ3v) is 8.05. The Bertz CT molecular complexity index is 1530. The highest BCUT2D eigenvalue weighted by Gasteiger charge is 2.26. The first kappa shape index (κ1) is 24.3. The standard InChI is InChI=1S/C30H31N5O3/c1-19-24-9-11-27-29(19)32-33-35(27)13-4-2-3-5-20-6-10-26(31-17-20)30(38)34-14-12-21-7-8-22(15-23(21)18-34)25(24)16-28(36)37/h6-11,15,17,25H,2-5,12-14,16,18H2,1H3,(H,36,37). The number of rotatable bonds is 2. The van der Waals surface area contributed by atoms with Crippen LogP contribution in [-0.2, 0) is 30.7 Å². The van der Waals surface area contributed by atoms with Crippen molar-refractivity contribution in [2.75, 3.05) is 6.54 Å². The fourth-order valence-electron chi connectivity index (χ4n) is 5.90. The summed E-state index contributed by atoms with van der Waals surface area (Å²) in [5.41, 5.74) is 8.51. The summed E-state index contributed by atoms with van der Waals surface area (Å²) in [6.45, 7) is 3.91. The molecule has 8 heteroatoms. The lowest BCUT2D eigenvalue weighted by Crippen LogP contribution is -2.36. The van der Waals surface area contributed by atoms with Gasteiger partial charge in [-0.05, 0) is 78.1 Å². The van der Waals surface area contributed by atoms with Crippen LogP contribution < -0.4 is 0 Å². The van der Waals surface area contributed by atoms with Crippen LogP contribution in [-0.4, -0.2) is 48.4 Å². The summed E-state index contributed by atoms with van der Waals surface area (Å²) in [5, 5.41) is 18.7. The second-order valence-electron chi connectivity index (χ2n) is 10.5. The Kier molecular flexibility index (Phi) is 6.39. The van der Waals surface area contributed by atoms with Gasteiger partial charge in [-0.1, -0.05) is 42.0 Å². The molecule has 8 nitrogen and oxygen atoms in total. The molecule has 7 heterocycles. The Morgan fingerprint density at radius 1 is 1.03 bits per heavy atom. The lowest BCUT2D eigenvalue weighted by molar-refractivity contribution is -0.137. The summed E-state index contributed by atoms with van der Waals surface area (Å²) >= 11 is 0. The van der Waals surface area contributed by atoms with Crippen molar-refractivity contribution in [1.29, 1.82) is 0 Å². The van der Waals surface area contributed by atoms with E-state index in [1.807, 2.05) is 53.0 Å². The minimum Gasteiger partial charge on any atom is -0.481 e. The van der Waals surface area contributed by atoms with Crippen molar-refractivity contribution < 1.29 is 14.7 Å². The average Bonchev–Trinajstić information content (AvgIpc) is 3.34. The topological polar surface area (TPSA) is 101 Å². The summed E-state index contributed by atoms with van der Waals surface area (Å²) in [4.78, 5) is 31.6. The van der Waals surface area contributed by atoms with Crippen molar-refractivity contribution in [3.05, 3.63) is 87.7 Å². The molecule has 0 spiro atoms. The van der Waals surface area contributed by atoms with E-state index in [9.17, 15) is 14.7 Å². The van der Waals surface area contributed by atoms with Crippen LogP contribution in [0.15, 0.2) is 48.7 Å². The molecule has 194 valence electrons. The number of amides is 1. The third kappa shape index (κ3) is 4.55. The van der Waals surface area contributed by atoms with Gasteiger partial charge in [0.2, 0.25) is 0 Å². The van der Waals surface area contributed by atoms with Gasteiger partial charge < -0.3 is 10.0 Å². The summed E-state index contributed by atoms with van der Waals surface area (Å²) in [7, 11) is 0. The first-order valence-corrected chi connectivity index (χ1v) is 13.4.